The highest BCUT2D eigenvalue weighted by atomic mass is 16.1. The van der Waals surface area contributed by atoms with Gasteiger partial charge in [0.1, 0.15) is 0 Å². The Labute approximate surface area is 106 Å². The van der Waals surface area contributed by atoms with Crippen molar-refractivity contribution in [1.29, 1.82) is 0 Å². The third kappa shape index (κ3) is 3.59. The van der Waals surface area contributed by atoms with Crippen LogP contribution in [0.5, 0.6) is 0 Å². The Bertz CT molecular complexity index is 508. The molecule has 0 aliphatic rings. The Balaban J connectivity index is 1.84. The molecule has 4 heteroatoms. The average Bonchev–Trinajstić information content (AvgIpc) is 2.40. The highest BCUT2D eigenvalue weighted by molar-refractivity contribution is 5.78. The first-order valence-corrected chi connectivity index (χ1v) is 5.75. The summed E-state index contributed by atoms with van der Waals surface area (Å²) >= 11 is 0. The number of anilines is 1. The molecule has 0 saturated heterocycles. The topological polar surface area (TPSA) is 68.0 Å². The van der Waals surface area contributed by atoms with Gasteiger partial charge in [0.25, 0.3) is 0 Å². The van der Waals surface area contributed by atoms with Crippen molar-refractivity contribution in [2.24, 2.45) is 0 Å². The number of nitrogens with two attached hydrogens (primary N) is 1. The second kappa shape index (κ2) is 5.82. The molecule has 0 aliphatic heterocycles. The minimum atomic E-state index is -0.0228. The Hall–Kier alpha value is -2.36. The van der Waals surface area contributed by atoms with Crippen LogP contribution in [0.2, 0.25) is 0 Å². The number of hydrogen-bond donors (Lipinski definition) is 2. The van der Waals surface area contributed by atoms with E-state index in [2.05, 4.69) is 10.3 Å². The van der Waals surface area contributed by atoms with Gasteiger partial charge in [-0.05, 0) is 29.8 Å². The Morgan fingerprint density at radius 2 is 1.94 bits per heavy atom. The zero-order valence-electron chi connectivity index (χ0n) is 9.97. The molecule has 1 aromatic carbocycles. The van der Waals surface area contributed by atoms with E-state index in [9.17, 15) is 4.79 Å². The van der Waals surface area contributed by atoms with Crippen molar-refractivity contribution in [2.45, 2.75) is 13.0 Å². The quantitative estimate of drug-likeness (QED) is 0.797. The lowest BCUT2D eigenvalue weighted by molar-refractivity contribution is -0.120. The van der Waals surface area contributed by atoms with Crippen LogP contribution < -0.4 is 11.1 Å². The van der Waals surface area contributed by atoms with Gasteiger partial charge < -0.3 is 11.1 Å². The molecule has 92 valence electrons. The zero-order chi connectivity index (χ0) is 12.8. The summed E-state index contributed by atoms with van der Waals surface area (Å²) in [5, 5.41) is 2.83. The summed E-state index contributed by atoms with van der Waals surface area (Å²) in [5.41, 5.74) is 8.08. The first-order chi connectivity index (χ1) is 8.74. The first-order valence-electron chi connectivity index (χ1n) is 5.75. The fourth-order valence-electron chi connectivity index (χ4n) is 1.58. The molecule has 3 N–H and O–H groups in total. The number of benzene rings is 1. The fraction of sp³-hybridized carbons (Fsp3) is 0.143. The first kappa shape index (κ1) is 12.1. The molecular formula is C14H15N3O. The van der Waals surface area contributed by atoms with Crippen molar-refractivity contribution in [1.82, 2.24) is 10.3 Å². The summed E-state index contributed by atoms with van der Waals surface area (Å²) in [5.74, 6) is -0.0228. The zero-order valence-corrected chi connectivity index (χ0v) is 9.97. The van der Waals surface area contributed by atoms with E-state index in [4.69, 9.17) is 5.73 Å². The van der Waals surface area contributed by atoms with E-state index in [0.717, 1.165) is 11.3 Å². The smallest absolute Gasteiger partial charge is 0.224 e. The van der Waals surface area contributed by atoms with Crippen molar-refractivity contribution in [3.05, 3.63) is 59.9 Å². The molecule has 0 atom stereocenters. The molecule has 0 saturated carbocycles. The lowest BCUT2D eigenvalue weighted by atomic mass is 10.1. The summed E-state index contributed by atoms with van der Waals surface area (Å²) < 4.78 is 0. The molecule has 1 heterocycles. The summed E-state index contributed by atoms with van der Waals surface area (Å²) in [4.78, 5) is 15.8. The summed E-state index contributed by atoms with van der Waals surface area (Å²) in [6, 6.07) is 12.9. The summed E-state index contributed by atoms with van der Waals surface area (Å²) in [6.07, 6.45) is 2.06. The monoisotopic (exact) mass is 241 g/mol. The van der Waals surface area contributed by atoms with Crippen molar-refractivity contribution in [3.8, 4) is 0 Å². The predicted octanol–water partition coefficient (Wildman–Crippen LogP) is 1.52. The number of pyridine rings is 1. The molecule has 2 aromatic rings. The molecule has 0 aliphatic carbocycles. The molecule has 2 rings (SSSR count). The highest BCUT2D eigenvalue weighted by Crippen LogP contribution is 2.06. The van der Waals surface area contributed by atoms with Crippen LogP contribution in [-0.2, 0) is 17.8 Å². The van der Waals surface area contributed by atoms with Crippen molar-refractivity contribution < 1.29 is 4.79 Å². The predicted molar refractivity (Wildman–Crippen MR) is 70.6 cm³/mol. The summed E-state index contributed by atoms with van der Waals surface area (Å²) in [6.45, 7) is 0.453. The number of carbonyl (C=O) groups excluding carboxylic acids is 1. The fourth-order valence-corrected chi connectivity index (χ4v) is 1.58. The van der Waals surface area contributed by atoms with Crippen molar-refractivity contribution in [3.63, 3.8) is 0 Å². The van der Waals surface area contributed by atoms with E-state index in [-0.39, 0.29) is 5.91 Å². The largest absolute Gasteiger partial charge is 0.399 e. The molecule has 0 radical (unpaired) electrons. The molecule has 18 heavy (non-hydrogen) atoms. The lowest BCUT2D eigenvalue weighted by Gasteiger charge is -2.05. The van der Waals surface area contributed by atoms with Crippen LogP contribution in [0.1, 0.15) is 11.3 Å². The van der Waals surface area contributed by atoms with Crippen molar-refractivity contribution in [2.75, 3.05) is 5.73 Å². The molecular weight excluding hydrogens is 226 g/mol. The van der Waals surface area contributed by atoms with Crippen LogP contribution in [0, 0.1) is 0 Å². The second-order valence-electron chi connectivity index (χ2n) is 4.02. The maximum atomic E-state index is 11.7. The van der Waals surface area contributed by atoms with Gasteiger partial charge in [-0.3, -0.25) is 9.78 Å². The lowest BCUT2D eigenvalue weighted by Crippen LogP contribution is -2.24. The van der Waals surface area contributed by atoms with Crippen LogP contribution in [0.3, 0.4) is 0 Å². The molecule has 0 fully saturated rings. The average molecular weight is 241 g/mol. The maximum Gasteiger partial charge on any atom is 0.224 e. The van der Waals surface area contributed by atoms with Crippen LogP contribution in [-0.4, -0.2) is 10.9 Å². The molecule has 0 spiro atoms. The number of rotatable bonds is 4. The Kier molecular flexibility index (Phi) is 3.91. The van der Waals surface area contributed by atoms with Gasteiger partial charge in [0.05, 0.1) is 18.7 Å². The number of nitrogens with zero attached hydrogens (tertiary/aromatic N) is 1. The van der Waals surface area contributed by atoms with Gasteiger partial charge in [-0.15, -0.1) is 0 Å². The van der Waals surface area contributed by atoms with Gasteiger partial charge in [-0.2, -0.15) is 0 Å². The van der Waals surface area contributed by atoms with Gasteiger partial charge in [0, 0.05) is 11.9 Å². The number of aromatic nitrogens is 1. The Morgan fingerprint density at radius 3 is 2.61 bits per heavy atom. The van der Waals surface area contributed by atoms with E-state index < -0.39 is 0 Å². The van der Waals surface area contributed by atoms with E-state index in [1.54, 1.807) is 18.3 Å². The third-order valence-corrected chi connectivity index (χ3v) is 2.54. The molecule has 1 amide bonds. The maximum absolute atomic E-state index is 11.7. The summed E-state index contributed by atoms with van der Waals surface area (Å²) in [7, 11) is 0. The molecule has 0 unspecified atom stereocenters. The molecule has 0 bridgehead atoms. The minimum absolute atomic E-state index is 0.0228. The van der Waals surface area contributed by atoms with Crippen LogP contribution in [0.15, 0.2) is 48.7 Å². The number of amides is 1. The number of nitrogens with one attached hydrogen (secondary N) is 1. The van der Waals surface area contributed by atoms with Gasteiger partial charge >= 0.3 is 0 Å². The number of hydrogen-bond acceptors (Lipinski definition) is 3. The van der Waals surface area contributed by atoms with Gasteiger partial charge in [-0.25, -0.2) is 0 Å². The minimum Gasteiger partial charge on any atom is -0.399 e. The van der Waals surface area contributed by atoms with Crippen LogP contribution in [0.25, 0.3) is 0 Å². The van der Waals surface area contributed by atoms with Crippen molar-refractivity contribution >= 4 is 11.6 Å². The van der Waals surface area contributed by atoms with Gasteiger partial charge in [0.2, 0.25) is 5.91 Å². The normalized spacial score (nSPS) is 10.0. The van der Waals surface area contributed by atoms with E-state index in [0.29, 0.717) is 18.7 Å². The number of nitrogen functional groups attached to an aromatic ring is 1. The SMILES string of the molecule is Nc1ccc(CC(=O)NCc2ccccn2)cc1. The molecule has 1 aromatic heterocycles. The highest BCUT2D eigenvalue weighted by Gasteiger charge is 2.03. The Morgan fingerprint density at radius 1 is 1.17 bits per heavy atom. The molecule has 4 nitrogen and oxygen atoms in total. The van der Waals surface area contributed by atoms with E-state index in [1.807, 2.05) is 30.3 Å². The van der Waals surface area contributed by atoms with Crippen LogP contribution in [0.4, 0.5) is 5.69 Å². The van der Waals surface area contributed by atoms with Gasteiger partial charge in [-0.1, -0.05) is 18.2 Å². The number of carbonyl (C=O) groups is 1. The van der Waals surface area contributed by atoms with E-state index >= 15 is 0 Å². The standard InChI is InChI=1S/C14H15N3O/c15-12-6-4-11(5-7-12)9-14(18)17-10-13-3-1-2-8-16-13/h1-8H,9-10,15H2,(H,17,18). The van der Waals surface area contributed by atoms with Gasteiger partial charge in [0.15, 0.2) is 0 Å². The third-order valence-electron chi connectivity index (χ3n) is 2.54. The van der Waals surface area contributed by atoms with E-state index in [1.165, 1.54) is 0 Å². The second-order valence-corrected chi connectivity index (χ2v) is 4.02. The van der Waals surface area contributed by atoms with Crippen LogP contribution >= 0.6 is 0 Å².